The minimum Gasteiger partial charge on any atom is -0.481 e. The summed E-state index contributed by atoms with van der Waals surface area (Å²) in [7, 11) is 0. The van der Waals surface area contributed by atoms with Crippen LogP contribution in [0.1, 0.15) is 47.1 Å². The molecule has 0 fully saturated rings. The molecule has 7 heteroatoms. The smallest absolute Gasteiger partial charge is 0.355 e. The van der Waals surface area contributed by atoms with Gasteiger partial charge in [-0.05, 0) is 44.0 Å². The normalized spacial score (nSPS) is 10.5. The zero-order chi connectivity index (χ0) is 20.0. The molecule has 1 amide bonds. The molecule has 1 heterocycles. The predicted octanol–water partition coefficient (Wildman–Crippen LogP) is 3.21. The van der Waals surface area contributed by atoms with Crippen molar-refractivity contribution in [3.63, 3.8) is 0 Å². The molecular weight excluding hydrogens is 348 g/mol. The first kappa shape index (κ1) is 20.2. The van der Waals surface area contributed by atoms with Crippen LogP contribution in [0.5, 0.6) is 0 Å². The Morgan fingerprint density at radius 2 is 1.78 bits per heavy atom. The van der Waals surface area contributed by atoms with Crippen LogP contribution in [0.15, 0.2) is 30.3 Å². The highest BCUT2D eigenvalue weighted by Gasteiger charge is 2.23. The van der Waals surface area contributed by atoms with Gasteiger partial charge in [0, 0.05) is 17.8 Å². The van der Waals surface area contributed by atoms with E-state index in [-0.39, 0.29) is 31.9 Å². The molecule has 0 radical (unpaired) electrons. The Morgan fingerprint density at radius 3 is 2.37 bits per heavy atom. The van der Waals surface area contributed by atoms with Crippen molar-refractivity contribution in [1.82, 2.24) is 4.98 Å². The first-order chi connectivity index (χ1) is 12.8. The van der Waals surface area contributed by atoms with Crippen LogP contribution in [0, 0.1) is 13.8 Å². The van der Waals surface area contributed by atoms with Gasteiger partial charge in [0.15, 0.2) is 0 Å². The van der Waals surface area contributed by atoms with Gasteiger partial charge in [-0.15, -0.1) is 0 Å². The number of H-pyrrole nitrogens is 1. The number of aromatic amines is 1. The Balaban J connectivity index is 2.34. The Kier molecular flexibility index (Phi) is 6.76. The number of carboxylic acids is 1. The van der Waals surface area contributed by atoms with Crippen molar-refractivity contribution in [2.24, 2.45) is 0 Å². The van der Waals surface area contributed by atoms with E-state index >= 15 is 0 Å². The van der Waals surface area contributed by atoms with E-state index < -0.39 is 11.9 Å². The van der Waals surface area contributed by atoms with Gasteiger partial charge in [-0.3, -0.25) is 9.59 Å². The number of anilines is 1. The number of amides is 1. The zero-order valence-electron chi connectivity index (χ0n) is 15.7. The fourth-order valence-electron chi connectivity index (χ4n) is 2.87. The Labute approximate surface area is 157 Å². The summed E-state index contributed by atoms with van der Waals surface area (Å²) in [6, 6.07) is 9.06. The number of benzene rings is 1. The first-order valence-electron chi connectivity index (χ1n) is 8.77. The summed E-state index contributed by atoms with van der Waals surface area (Å²) < 4.78 is 5.06. The summed E-state index contributed by atoms with van der Waals surface area (Å²) >= 11 is 0. The molecule has 1 aromatic carbocycles. The number of nitrogens with one attached hydrogen (secondary N) is 1. The van der Waals surface area contributed by atoms with Crippen LogP contribution < -0.4 is 4.90 Å². The highest BCUT2D eigenvalue weighted by Crippen LogP contribution is 2.24. The molecule has 2 N–H and O–H groups in total. The van der Waals surface area contributed by atoms with Gasteiger partial charge < -0.3 is 19.7 Å². The maximum Gasteiger partial charge on any atom is 0.355 e. The SMILES string of the molecule is CCOC(=O)c1[nH]c(C)c(CN(C(=O)CCC(=O)O)c2ccccc2)c1C. The zero-order valence-corrected chi connectivity index (χ0v) is 15.7. The maximum absolute atomic E-state index is 12.7. The number of rotatable bonds is 8. The van der Waals surface area contributed by atoms with Crippen molar-refractivity contribution >= 4 is 23.5 Å². The van der Waals surface area contributed by atoms with E-state index in [0.29, 0.717) is 11.4 Å². The second-order valence-electron chi connectivity index (χ2n) is 6.16. The quantitative estimate of drug-likeness (QED) is 0.693. The van der Waals surface area contributed by atoms with Crippen LogP contribution in [0.2, 0.25) is 0 Å². The largest absolute Gasteiger partial charge is 0.481 e. The van der Waals surface area contributed by atoms with Crippen LogP contribution >= 0.6 is 0 Å². The van der Waals surface area contributed by atoms with Gasteiger partial charge in [0.1, 0.15) is 5.69 Å². The van der Waals surface area contributed by atoms with E-state index in [1.165, 1.54) is 0 Å². The van der Waals surface area contributed by atoms with Crippen LogP contribution in [-0.4, -0.2) is 34.5 Å². The fourth-order valence-corrected chi connectivity index (χ4v) is 2.87. The number of ether oxygens (including phenoxy) is 1. The van der Waals surface area contributed by atoms with Crippen molar-refractivity contribution in [3.05, 3.63) is 52.8 Å². The number of hydrogen-bond donors (Lipinski definition) is 2. The highest BCUT2D eigenvalue weighted by molar-refractivity contribution is 5.95. The number of aliphatic carboxylic acids is 1. The molecule has 2 aromatic rings. The lowest BCUT2D eigenvalue weighted by molar-refractivity contribution is -0.138. The van der Waals surface area contributed by atoms with Crippen molar-refractivity contribution < 1.29 is 24.2 Å². The minimum atomic E-state index is -1.02. The number of aromatic nitrogens is 1. The topological polar surface area (TPSA) is 99.7 Å². The third kappa shape index (κ3) is 4.97. The lowest BCUT2D eigenvalue weighted by atomic mass is 10.1. The molecule has 0 bridgehead atoms. The standard InChI is InChI=1S/C20H24N2O5/c1-4-27-20(26)19-13(2)16(14(3)21-19)12-22(15-8-6-5-7-9-15)17(23)10-11-18(24)25/h5-9,21H,4,10-12H2,1-3H3,(H,24,25). The van der Waals surface area contributed by atoms with Crippen LogP contribution in [0.4, 0.5) is 5.69 Å². The first-order valence-corrected chi connectivity index (χ1v) is 8.77. The molecule has 0 atom stereocenters. The molecule has 0 saturated heterocycles. The fraction of sp³-hybridized carbons (Fsp3) is 0.350. The second kappa shape index (κ2) is 9.02. The molecule has 0 aliphatic carbocycles. The number of esters is 1. The van der Waals surface area contributed by atoms with Gasteiger partial charge in [-0.1, -0.05) is 18.2 Å². The Bertz CT molecular complexity index is 826. The lowest BCUT2D eigenvalue weighted by Gasteiger charge is -2.23. The number of aryl methyl sites for hydroxylation is 1. The number of carbonyl (C=O) groups is 3. The molecule has 0 aliphatic rings. The van der Waals surface area contributed by atoms with E-state index in [0.717, 1.165) is 16.8 Å². The number of para-hydroxylation sites is 1. The maximum atomic E-state index is 12.7. The molecule has 0 spiro atoms. The number of carbonyl (C=O) groups excluding carboxylic acids is 2. The van der Waals surface area contributed by atoms with Gasteiger partial charge in [-0.25, -0.2) is 4.79 Å². The molecule has 27 heavy (non-hydrogen) atoms. The van der Waals surface area contributed by atoms with E-state index in [1.807, 2.05) is 25.1 Å². The van der Waals surface area contributed by atoms with E-state index in [9.17, 15) is 14.4 Å². The summed E-state index contributed by atoms with van der Waals surface area (Å²) in [5.74, 6) is -1.75. The van der Waals surface area contributed by atoms with Crippen molar-refractivity contribution in [1.29, 1.82) is 0 Å². The highest BCUT2D eigenvalue weighted by atomic mass is 16.5. The summed E-state index contributed by atoms with van der Waals surface area (Å²) in [6.45, 7) is 5.87. The van der Waals surface area contributed by atoms with Crippen LogP contribution in [0.3, 0.4) is 0 Å². The number of carboxylic acid groups (broad SMARTS) is 1. The average molecular weight is 372 g/mol. The predicted molar refractivity (Wildman–Crippen MR) is 101 cm³/mol. The van der Waals surface area contributed by atoms with Gasteiger partial charge in [0.05, 0.1) is 19.6 Å². The van der Waals surface area contributed by atoms with Gasteiger partial charge in [-0.2, -0.15) is 0 Å². The molecule has 0 saturated carbocycles. The van der Waals surface area contributed by atoms with E-state index in [2.05, 4.69) is 4.98 Å². The van der Waals surface area contributed by atoms with Crippen LogP contribution in [-0.2, 0) is 20.9 Å². The van der Waals surface area contributed by atoms with Crippen molar-refractivity contribution in [2.45, 2.75) is 40.2 Å². The molecule has 0 aliphatic heterocycles. The van der Waals surface area contributed by atoms with Gasteiger partial charge in [0.2, 0.25) is 5.91 Å². The monoisotopic (exact) mass is 372 g/mol. The average Bonchev–Trinajstić information content (AvgIpc) is 2.92. The number of nitrogens with zero attached hydrogens (tertiary/aromatic N) is 1. The molecule has 7 nitrogen and oxygen atoms in total. The summed E-state index contributed by atoms with van der Waals surface area (Å²) in [5.41, 5.74) is 3.34. The summed E-state index contributed by atoms with van der Waals surface area (Å²) in [6.07, 6.45) is -0.335. The Morgan fingerprint density at radius 1 is 1.11 bits per heavy atom. The third-order valence-electron chi connectivity index (χ3n) is 4.31. The van der Waals surface area contributed by atoms with E-state index in [1.54, 1.807) is 30.9 Å². The molecule has 2 rings (SSSR count). The van der Waals surface area contributed by atoms with Gasteiger partial charge >= 0.3 is 11.9 Å². The lowest BCUT2D eigenvalue weighted by Crippen LogP contribution is -2.31. The van der Waals surface area contributed by atoms with Crippen molar-refractivity contribution in [3.8, 4) is 0 Å². The van der Waals surface area contributed by atoms with E-state index in [4.69, 9.17) is 9.84 Å². The van der Waals surface area contributed by atoms with Gasteiger partial charge in [0.25, 0.3) is 0 Å². The third-order valence-corrected chi connectivity index (χ3v) is 4.31. The molecule has 1 aromatic heterocycles. The second-order valence-corrected chi connectivity index (χ2v) is 6.16. The van der Waals surface area contributed by atoms with Crippen molar-refractivity contribution in [2.75, 3.05) is 11.5 Å². The number of hydrogen-bond acceptors (Lipinski definition) is 4. The molecule has 144 valence electrons. The summed E-state index contributed by atoms with van der Waals surface area (Å²) in [4.78, 5) is 40.2. The molecular formula is C20H24N2O5. The minimum absolute atomic E-state index is 0.0997. The molecule has 0 unspecified atom stereocenters. The van der Waals surface area contributed by atoms with Crippen LogP contribution in [0.25, 0.3) is 0 Å². The Hall–Kier alpha value is -3.09. The summed E-state index contributed by atoms with van der Waals surface area (Å²) in [5, 5.41) is 8.88.